The van der Waals surface area contributed by atoms with Crippen LogP contribution in [0.1, 0.15) is 71.0 Å². The van der Waals surface area contributed by atoms with Gasteiger partial charge in [0.05, 0.1) is 22.9 Å². The molecule has 2 rings (SSSR count). The van der Waals surface area contributed by atoms with Crippen LogP contribution >= 0.6 is 11.3 Å². The molecule has 0 aliphatic carbocycles. The van der Waals surface area contributed by atoms with Crippen LogP contribution in [-0.2, 0) is 4.74 Å². The maximum absolute atomic E-state index is 5.57. The molecule has 1 aliphatic heterocycles. The predicted octanol–water partition coefficient (Wildman–Crippen LogP) is 6.42. The minimum Gasteiger partial charge on any atom is -0.370 e. The first-order chi connectivity index (χ1) is 11.4. The molecule has 2 heterocycles. The molecule has 134 valence electrons. The molecule has 2 nitrogen and oxygen atoms in total. The van der Waals surface area contributed by atoms with E-state index in [4.69, 9.17) is 4.74 Å². The molecule has 1 saturated heterocycles. The fourth-order valence-electron chi connectivity index (χ4n) is 3.15. The average molecular weight is 348 g/mol. The summed E-state index contributed by atoms with van der Waals surface area (Å²) in [7, 11) is 0. The van der Waals surface area contributed by atoms with Gasteiger partial charge in [0.15, 0.2) is 0 Å². The lowest BCUT2D eigenvalue weighted by Gasteiger charge is -2.11. The third kappa shape index (κ3) is 6.18. The first-order valence-electron chi connectivity index (χ1n) is 9.28. The van der Waals surface area contributed by atoms with Gasteiger partial charge in [-0.05, 0) is 71.3 Å². The zero-order valence-corrected chi connectivity index (χ0v) is 17.0. The Kier molecular flexibility index (Phi) is 7.24. The number of thiazole rings is 1. The lowest BCUT2D eigenvalue weighted by molar-refractivity contribution is 0.317. The molecule has 3 heteroatoms. The van der Waals surface area contributed by atoms with E-state index in [1.165, 1.54) is 30.4 Å². The Morgan fingerprint density at radius 2 is 2.08 bits per heavy atom. The Hall–Kier alpha value is -0.930. The summed E-state index contributed by atoms with van der Waals surface area (Å²) in [6.07, 6.45) is 10.6. The van der Waals surface area contributed by atoms with Crippen molar-refractivity contribution in [3.05, 3.63) is 33.3 Å². The number of aryl methyl sites for hydroxylation is 1. The van der Waals surface area contributed by atoms with Crippen molar-refractivity contribution < 1.29 is 4.74 Å². The van der Waals surface area contributed by atoms with E-state index in [2.05, 4.69) is 64.1 Å². The zero-order chi connectivity index (χ0) is 17.7. The molecule has 1 aromatic rings. The highest BCUT2D eigenvalue weighted by atomic mass is 32.1. The van der Waals surface area contributed by atoms with E-state index < -0.39 is 0 Å². The van der Waals surface area contributed by atoms with Gasteiger partial charge in [0.1, 0.15) is 0 Å². The summed E-state index contributed by atoms with van der Waals surface area (Å²) in [4.78, 5) is 4.53. The Balaban J connectivity index is 1.71. The summed E-state index contributed by atoms with van der Waals surface area (Å²) in [5.41, 5.74) is 4.04. The number of ether oxygens (including phenoxy) is 1. The van der Waals surface area contributed by atoms with E-state index in [-0.39, 0.29) is 0 Å². The number of aromatic nitrogens is 1. The van der Waals surface area contributed by atoms with Gasteiger partial charge in [-0.1, -0.05) is 31.1 Å². The molecule has 4 atom stereocenters. The van der Waals surface area contributed by atoms with Crippen LogP contribution in [0, 0.1) is 18.8 Å². The SMILES string of the molecule is C/C(=C/CC(C)/C(C)=C/c1csc(C)n1)CCCC(C)C1OC1C. The maximum atomic E-state index is 5.57. The van der Waals surface area contributed by atoms with Crippen LogP contribution in [0.5, 0.6) is 0 Å². The van der Waals surface area contributed by atoms with Crippen molar-refractivity contribution in [1.82, 2.24) is 4.98 Å². The second kappa shape index (κ2) is 8.96. The highest BCUT2D eigenvalue weighted by Crippen LogP contribution is 2.32. The quantitative estimate of drug-likeness (QED) is 0.380. The Morgan fingerprint density at radius 1 is 1.38 bits per heavy atom. The van der Waals surface area contributed by atoms with E-state index in [9.17, 15) is 0 Å². The molecule has 24 heavy (non-hydrogen) atoms. The van der Waals surface area contributed by atoms with Gasteiger partial charge in [-0.15, -0.1) is 11.3 Å². The van der Waals surface area contributed by atoms with Crippen LogP contribution in [-0.4, -0.2) is 17.2 Å². The van der Waals surface area contributed by atoms with Gasteiger partial charge in [0, 0.05) is 5.38 Å². The molecule has 0 saturated carbocycles. The molecule has 0 aromatic carbocycles. The van der Waals surface area contributed by atoms with Gasteiger partial charge in [0.25, 0.3) is 0 Å². The zero-order valence-electron chi connectivity index (χ0n) is 16.1. The first-order valence-corrected chi connectivity index (χ1v) is 10.2. The van der Waals surface area contributed by atoms with Crippen molar-refractivity contribution in [2.24, 2.45) is 11.8 Å². The van der Waals surface area contributed by atoms with Crippen molar-refractivity contribution >= 4 is 17.4 Å². The van der Waals surface area contributed by atoms with Gasteiger partial charge in [0.2, 0.25) is 0 Å². The van der Waals surface area contributed by atoms with Crippen LogP contribution in [0.3, 0.4) is 0 Å². The summed E-state index contributed by atoms with van der Waals surface area (Å²) in [5.74, 6) is 1.28. The molecular formula is C21H33NOS. The third-order valence-electron chi connectivity index (χ3n) is 5.16. The van der Waals surface area contributed by atoms with Crippen LogP contribution < -0.4 is 0 Å². The van der Waals surface area contributed by atoms with Crippen molar-refractivity contribution in [3.63, 3.8) is 0 Å². The fraction of sp³-hybridized carbons (Fsp3) is 0.667. The monoisotopic (exact) mass is 347 g/mol. The minimum atomic E-state index is 0.494. The summed E-state index contributed by atoms with van der Waals surface area (Å²) < 4.78 is 5.57. The van der Waals surface area contributed by atoms with E-state index in [0.717, 1.165) is 17.1 Å². The van der Waals surface area contributed by atoms with Gasteiger partial charge in [-0.3, -0.25) is 0 Å². The predicted molar refractivity (Wildman–Crippen MR) is 105 cm³/mol. The second-order valence-corrected chi connectivity index (χ2v) is 8.60. The molecule has 0 amide bonds. The van der Waals surface area contributed by atoms with Crippen molar-refractivity contribution in [2.75, 3.05) is 0 Å². The molecule has 0 N–H and O–H groups in total. The van der Waals surface area contributed by atoms with Crippen LogP contribution in [0.2, 0.25) is 0 Å². The molecule has 0 radical (unpaired) electrons. The molecule has 1 aliphatic rings. The lowest BCUT2D eigenvalue weighted by atomic mass is 9.94. The highest BCUT2D eigenvalue weighted by Gasteiger charge is 2.38. The second-order valence-electron chi connectivity index (χ2n) is 7.54. The number of rotatable bonds is 9. The van der Waals surface area contributed by atoms with E-state index >= 15 is 0 Å². The van der Waals surface area contributed by atoms with Crippen LogP contribution in [0.25, 0.3) is 6.08 Å². The van der Waals surface area contributed by atoms with Crippen molar-refractivity contribution in [2.45, 2.75) is 79.4 Å². The number of allylic oxidation sites excluding steroid dienone is 3. The molecule has 1 aromatic heterocycles. The third-order valence-corrected chi connectivity index (χ3v) is 5.95. The van der Waals surface area contributed by atoms with Crippen LogP contribution in [0.4, 0.5) is 0 Å². The van der Waals surface area contributed by atoms with Gasteiger partial charge < -0.3 is 4.74 Å². The molecular weight excluding hydrogens is 314 g/mol. The smallest absolute Gasteiger partial charge is 0.0901 e. The van der Waals surface area contributed by atoms with Crippen LogP contribution in [0.15, 0.2) is 22.6 Å². The normalized spacial score (nSPS) is 24.1. The van der Waals surface area contributed by atoms with E-state index in [1.54, 1.807) is 11.3 Å². The van der Waals surface area contributed by atoms with Gasteiger partial charge in [-0.25, -0.2) is 4.98 Å². The summed E-state index contributed by atoms with van der Waals surface area (Å²) in [6, 6.07) is 0. The van der Waals surface area contributed by atoms with Crippen molar-refractivity contribution in [1.29, 1.82) is 0 Å². The van der Waals surface area contributed by atoms with Gasteiger partial charge in [-0.2, -0.15) is 0 Å². The molecule has 4 unspecified atom stereocenters. The highest BCUT2D eigenvalue weighted by molar-refractivity contribution is 7.09. The topological polar surface area (TPSA) is 25.4 Å². The number of nitrogens with zero attached hydrogens (tertiary/aromatic N) is 1. The largest absolute Gasteiger partial charge is 0.370 e. The number of epoxide rings is 1. The molecule has 1 fully saturated rings. The Morgan fingerprint density at radius 3 is 2.67 bits per heavy atom. The fourth-order valence-corrected chi connectivity index (χ4v) is 3.72. The molecule has 0 bridgehead atoms. The van der Waals surface area contributed by atoms with E-state index in [0.29, 0.717) is 24.0 Å². The van der Waals surface area contributed by atoms with E-state index in [1.807, 2.05) is 0 Å². The van der Waals surface area contributed by atoms with Crippen molar-refractivity contribution in [3.8, 4) is 0 Å². The Bertz CT molecular complexity index is 586. The minimum absolute atomic E-state index is 0.494. The van der Waals surface area contributed by atoms with Gasteiger partial charge >= 0.3 is 0 Å². The number of hydrogen-bond acceptors (Lipinski definition) is 3. The number of hydrogen-bond donors (Lipinski definition) is 0. The summed E-state index contributed by atoms with van der Waals surface area (Å²) in [5, 5.41) is 3.27. The summed E-state index contributed by atoms with van der Waals surface area (Å²) >= 11 is 1.72. The standard InChI is InChI=1S/C21H33NOS/c1-14(8-7-9-16(3)21-18(5)23-21)10-11-15(2)17(4)12-20-13-24-19(6)22-20/h10,12-13,15-16,18,21H,7-9,11H2,1-6H3/b14-10-,17-12+. The molecule has 0 spiro atoms. The summed E-state index contributed by atoms with van der Waals surface area (Å²) in [6.45, 7) is 13.4. The average Bonchev–Trinajstić information content (AvgIpc) is 3.13. The lowest BCUT2D eigenvalue weighted by Crippen LogP contribution is -2.05. The Labute approximate surface area is 152 Å². The maximum Gasteiger partial charge on any atom is 0.0901 e. The first kappa shape index (κ1) is 19.4.